The van der Waals surface area contributed by atoms with E-state index in [4.69, 9.17) is 10.5 Å². The van der Waals surface area contributed by atoms with E-state index in [2.05, 4.69) is 10.3 Å². The minimum absolute atomic E-state index is 0.0766. The number of phenols is 1. The molecule has 0 bridgehead atoms. The van der Waals surface area contributed by atoms with Crippen LogP contribution in [-0.4, -0.2) is 28.0 Å². The van der Waals surface area contributed by atoms with E-state index >= 15 is 0 Å². The molecule has 1 aromatic carbocycles. The maximum Gasteiger partial charge on any atom is 0.271 e. The van der Waals surface area contributed by atoms with E-state index in [1.165, 1.54) is 0 Å². The highest BCUT2D eigenvalue weighted by atomic mass is 32.1. The van der Waals surface area contributed by atoms with Crippen molar-refractivity contribution in [2.45, 2.75) is 13.5 Å². The van der Waals surface area contributed by atoms with Crippen LogP contribution < -0.4 is 11.1 Å². The zero-order chi connectivity index (χ0) is 19.7. The number of methoxy groups -OCH3 is 1. The summed E-state index contributed by atoms with van der Waals surface area (Å²) in [7, 11) is 1.56. The quantitative estimate of drug-likeness (QED) is 0.346. The Morgan fingerprint density at radius 1 is 1.44 bits per heavy atom. The average molecular weight is 388 g/mol. The third-order valence-corrected chi connectivity index (χ3v) is 4.95. The molecule has 1 amide bonds. The number of carbonyl (C=O) groups is 1. The molecule has 4 N–H and O–H groups in total. The summed E-state index contributed by atoms with van der Waals surface area (Å²) in [5.41, 5.74) is 7.66. The molecule has 27 heavy (non-hydrogen) atoms. The van der Waals surface area contributed by atoms with E-state index < -0.39 is 10.8 Å². The van der Waals surface area contributed by atoms with Crippen LogP contribution in [0.1, 0.15) is 20.9 Å². The fourth-order valence-corrected chi connectivity index (χ4v) is 3.77. The Morgan fingerprint density at radius 2 is 2.19 bits per heavy atom. The molecule has 2 aromatic heterocycles. The molecular formula is C17H16N4O5S. The number of pyridine rings is 1. The fourth-order valence-electron chi connectivity index (χ4n) is 2.69. The van der Waals surface area contributed by atoms with Gasteiger partial charge in [0.25, 0.3) is 11.6 Å². The third-order valence-electron chi connectivity index (χ3n) is 3.85. The molecule has 0 unspecified atom stereocenters. The monoisotopic (exact) mass is 388 g/mol. The second kappa shape index (κ2) is 7.17. The SMILES string of the molecule is COCc1cc(C)nc2sc(C(=O)Nc3cc([N+](=O)[O-])ccc3O)c(N)c12. The summed E-state index contributed by atoms with van der Waals surface area (Å²) in [5, 5.41) is 23.9. The van der Waals surface area contributed by atoms with Crippen LogP contribution in [0.4, 0.5) is 17.1 Å². The normalized spacial score (nSPS) is 10.9. The minimum Gasteiger partial charge on any atom is -0.506 e. The Labute approximate surface area is 157 Å². The van der Waals surface area contributed by atoms with Crippen molar-refractivity contribution in [2.75, 3.05) is 18.2 Å². The number of ether oxygens (including phenoxy) is 1. The number of nitrogens with zero attached hydrogens (tertiary/aromatic N) is 2. The van der Waals surface area contributed by atoms with Gasteiger partial charge in [-0.3, -0.25) is 14.9 Å². The summed E-state index contributed by atoms with van der Waals surface area (Å²) >= 11 is 1.10. The summed E-state index contributed by atoms with van der Waals surface area (Å²) in [6.45, 7) is 2.14. The molecule has 3 rings (SSSR count). The van der Waals surface area contributed by atoms with Gasteiger partial charge in [-0.05, 0) is 24.6 Å². The smallest absolute Gasteiger partial charge is 0.271 e. The van der Waals surface area contributed by atoms with Gasteiger partial charge in [-0.25, -0.2) is 4.98 Å². The number of amides is 1. The van der Waals surface area contributed by atoms with E-state index in [0.29, 0.717) is 16.8 Å². The lowest BCUT2D eigenvalue weighted by molar-refractivity contribution is -0.384. The second-order valence-electron chi connectivity index (χ2n) is 5.79. The molecular weight excluding hydrogens is 372 g/mol. The van der Waals surface area contributed by atoms with Crippen molar-refractivity contribution in [3.63, 3.8) is 0 Å². The van der Waals surface area contributed by atoms with Gasteiger partial charge in [-0.1, -0.05) is 0 Å². The van der Waals surface area contributed by atoms with Crippen molar-refractivity contribution in [1.82, 2.24) is 4.98 Å². The van der Waals surface area contributed by atoms with E-state index in [1.54, 1.807) is 7.11 Å². The molecule has 0 aliphatic heterocycles. The van der Waals surface area contributed by atoms with Crippen LogP contribution in [-0.2, 0) is 11.3 Å². The first-order valence-electron chi connectivity index (χ1n) is 7.78. The van der Waals surface area contributed by atoms with Crippen molar-refractivity contribution in [1.29, 1.82) is 0 Å². The average Bonchev–Trinajstić information content (AvgIpc) is 2.93. The van der Waals surface area contributed by atoms with Crippen molar-refractivity contribution in [2.24, 2.45) is 0 Å². The van der Waals surface area contributed by atoms with E-state index in [0.717, 1.165) is 40.8 Å². The van der Waals surface area contributed by atoms with E-state index in [1.807, 2.05) is 13.0 Å². The largest absolute Gasteiger partial charge is 0.506 e. The Morgan fingerprint density at radius 3 is 2.85 bits per heavy atom. The zero-order valence-corrected chi connectivity index (χ0v) is 15.3. The summed E-state index contributed by atoms with van der Waals surface area (Å²) < 4.78 is 5.19. The lowest BCUT2D eigenvalue weighted by Crippen LogP contribution is -2.12. The van der Waals surface area contributed by atoms with Gasteiger partial charge >= 0.3 is 0 Å². The molecule has 2 heterocycles. The number of benzene rings is 1. The Balaban J connectivity index is 2.02. The second-order valence-corrected chi connectivity index (χ2v) is 6.79. The van der Waals surface area contributed by atoms with Crippen molar-refractivity contribution >= 4 is 44.5 Å². The van der Waals surface area contributed by atoms with Gasteiger partial charge in [0, 0.05) is 30.3 Å². The van der Waals surface area contributed by atoms with E-state index in [9.17, 15) is 20.0 Å². The Bertz CT molecular complexity index is 1060. The maximum atomic E-state index is 12.7. The molecule has 10 heteroatoms. The zero-order valence-electron chi connectivity index (χ0n) is 14.5. The highest BCUT2D eigenvalue weighted by molar-refractivity contribution is 7.21. The molecule has 0 radical (unpaired) electrons. The van der Waals surface area contributed by atoms with Gasteiger partial charge in [0.05, 0.1) is 22.9 Å². The number of nitro benzene ring substituents is 1. The first-order chi connectivity index (χ1) is 12.8. The minimum atomic E-state index is -0.618. The number of aromatic hydroxyl groups is 1. The molecule has 0 aliphatic carbocycles. The summed E-state index contributed by atoms with van der Waals surface area (Å²) in [6, 6.07) is 5.20. The number of rotatable bonds is 5. The van der Waals surface area contributed by atoms with Gasteiger partial charge in [0.15, 0.2) is 0 Å². The number of hydrogen-bond acceptors (Lipinski definition) is 8. The predicted molar refractivity (Wildman–Crippen MR) is 102 cm³/mol. The summed E-state index contributed by atoms with van der Waals surface area (Å²) in [5.74, 6) is -0.880. The topological polar surface area (TPSA) is 141 Å². The highest BCUT2D eigenvalue weighted by Gasteiger charge is 2.21. The van der Waals surface area contributed by atoms with Crippen LogP contribution in [0.3, 0.4) is 0 Å². The maximum absolute atomic E-state index is 12.7. The summed E-state index contributed by atoms with van der Waals surface area (Å²) in [6.07, 6.45) is 0. The van der Waals surface area contributed by atoms with Crippen LogP contribution in [0, 0.1) is 17.0 Å². The first-order valence-corrected chi connectivity index (χ1v) is 8.59. The standard InChI is InChI=1S/C17H16N4O5S/c1-8-5-9(7-26-2)13-14(18)15(27-17(13)19-8)16(23)20-11-6-10(21(24)25)3-4-12(11)22/h3-6,22H,7,18H2,1-2H3,(H,20,23). The van der Waals surface area contributed by atoms with Crippen LogP contribution in [0.15, 0.2) is 24.3 Å². The number of hydrogen-bond donors (Lipinski definition) is 3. The van der Waals surface area contributed by atoms with Crippen LogP contribution in [0.5, 0.6) is 5.75 Å². The highest BCUT2D eigenvalue weighted by Crippen LogP contribution is 2.37. The molecule has 0 fully saturated rings. The number of nitrogens with two attached hydrogens (primary N) is 1. The third kappa shape index (κ3) is 3.52. The predicted octanol–water partition coefficient (Wildman–Crippen LogP) is 3.20. The van der Waals surface area contributed by atoms with Crippen molar-refractivity contribution < 1.29 is 19.6 Å². The van der Waals surface area contributed by atoms with Gasteiger partial charge in [0.1, 0.15) is 15.5 Å². The number of nitro groups is 1. The number of anilines is 2. The van der Waals surface area contributed by atoms with Crippen LogP contribution in [0.25, 0.3) is 10.2 Å². The van der Waals surface area contributed by atoms with Crippen LogP contribution >= 0.6 is 11.3 Å². The number of nitrogens with one attached hydrogen (secondary N) is 1. The molecule has 0 spiro atoms. The fraction of sp³-hybridized carbons (Fsp3) is 0.176. The number of fused-ring (bicyclic) bond motifs is 1. The molecule has 3 aromatic rings. The van der Waals surface area contributed by atoms with Crippen LogP contribution in [0.2, 0.25) is 0 Å². The van der Waals surface area contributed by atoms with Crippen molar-refractivity contribution in [3.05, 3.63) is 50.5 Å². The molecule has 9 nitrogen and oxygen atoms in total. The number of phenolic OH excluding ortho intramolecular Hbond substituents is 1. The van der Waals surface area contributed by atoms with Gasteiger partial charge < -0.3 is 20.9 Å². The van der Waals surface area contributed by atoms with Gasteiger partial charge in [-0.2, -0.15) is 0 Å². The number of nitrogen functional groups attached to an aromatic ring is 1. The summed E-state index contributed by atoms with van der Waals surface area (Å²) in [4.78, 5) is 28.1. The number of thiophene rings is 1. The Hall–Kier alpha value is -3.24. The lowest BCUT2D eigenvalue weighted by atomic mass is 10.1. The lowest BCUT2D eigenvalue weighted by Gasteiger charge is -2.07. The van der Waals surface area contributed by atoms with Gasteiger partial charge in [-0.15, -0.1) is 11.3 Å². The number of aryl methyl sites for hydroxylation is 1. The van der Waals surface area contributed by atoms with Gasteiger partial charge in [0.2, 0.25) is 0 Å². The molecule has 140 valence electrons. The van der Waals surface area contributed by atoms with Crippen molar-refractivity contribution in [3.8, 4) is 5.75 Å². The number of carbonyl (C=O) groups excluding carboxylic acids is 1. The Kier molecular flexibility index (Phi) is 4.93. The van der Waals surface area contributed by atoms with E-state index in [-0.39, 0.29) is 27.7 Å². The number of aromatic nitrogens is 1. The first kappa shape index (κ1) is 18.5. The molecule has 0 saturated heterocycles. The molecule has 0 aliphatic rings. The molecule has 0 atom stereocenters. The molecule has 0 saturated carbocycles. The number of non-ortho nitro benzene ring substituents is 1.